The molecule has 0 spiro atoms. The van der Waals surface area contributed by atoms with Gasteiger partial charge in [-0.25, -0.2) is 0 Å². The molecular formula is C30H42O6. The lowest BCUT2D eigenvalue weighted by Crippen LogP contribution is -2.36. The van der Waals surface area contributed by atoms with E-state index in [9.17, 15) is 19.2 Å². The maximum Gasteiger partial charge on any atom is 0.320 e. The molecule has 4 aliphatic rings. The van der Waals surface area contributed by atoms with Crippen LogP contribution in [0.3, 0.4) is 0 Å². The van der Waals surface area contributed by atoms with Gasteiger partial charge in [-0.1, -0.05) is 53.7 Å². The second-order valence-electron chi connectivity index (χ2n) is 12.9. The number of rotatable bonds is 7. The van der Waals surface area contributed by atoms with Crippen LogP contribution in [-0.2, 0) is 28.7 Å². The number of hydrogen-bond acceptors (Lipinski definition) is 6. The Bertz CT molecular complexity index is 1010. The van der Waals surface area contributed by atoms with Crippen LogP contribution in [0.2, 0.25) is 0 Å². The van der Waals surface area contributed by atoms with Crippen molar-refractivity contribution in [3.8, 4) is 0 Å². The van der Waals surface area contributed by atoms with Gasteiger partial charge in [-0.05, 0) is 73.3 Å². The lowest BCUT2D eigenvalue weighted by atomic mass is 9.70. The molecule has 0 aromatic carbocycles. The maximum absolute atomic E-state index is 13.7. The summed E-state index contributed by atoms with van der Waals surface area (Å²) in [5.41, 5.74) is -1.95. The number of Topliss-reactive ketones (excluding diaryl/α,β-unsaturated/α-hetero) is 2. The first-order valence-electron chi connectivity index (χ1n) is 13.5. The fraction of sp³-hybridized carbons (Fsp3) is 0.733. The lowest BCUT2D eigenvalue weighted by Gasteiger charge is -2.31. The standard InChI is InChI=1S/C30H42O6/c1-9-35-22(31)17-30(25(34)36-10-2,15-18-20-11-13-28(7,23(18)32)26(20,3)4)16-19-21-12-14-29(8,24(19)33)27(21,5)6/h15-16,20-21H,9-14,17H2,1-8H3/b18-15-,19-16-/t20-,21+,28-,29+,30?. The van der Waals surface area contributed by atoms with Crippen LogP contribution in [0.25, 0.3) is 0 Å². The molecule has 6 heteroatoms. The fourth-order valence-corrected chi connectivity index (χ4v) is 7.79. The van der Waals surface area contributed by atoms with Crippen molar-refractivity contribution in [2.45, 2.75) is 87.5 Å². The Hall–Kier alpha value is -2.24. The lowest BCUT2D eigenvalue weighted by molar-refractivity contribution is -0.156. The predicted octanol–water partition coefficient (Wildman–Crippen LogP) is 5.39. The molecular weight excluding hydrogens is 456 g/mol. The summed E-state index contributed by atoms with van der Waals surface area (Å²) in [5, 5.41) is 0. The molecule has 0 aliphatic heterocycles. The number of fused-ring (bicyclic) bond motifs is 4. The minimum Gasteiger partial charge on any atom is -0.466 e. The normalized spacial score (nSPS) is 37.6. The number of carbonyl (C=O) groups is 4. The van der Waals surface area contributed by atoms with Crippen LogP contribution in [0.5, 0.6) is 0 Å². The van der Waals surface area contributed by atoms with Gasteiger partial charge in [0.15, 0.2) is 11.6 Å². The van der Waals surface area contributed by atoms with Gasteiger partial charge in [0.25, 0.3) is 0 Å². The molecule has 0 amide bonds. The monoisotopic (exact) mass is 498 g/mol. The highest BCUT2D eigenvalue weighted by atomic mass is 16.5. The van der Waals surface area contributed by atoms with Crippen molar-refractivity contribution in [1.29, 1.82) is 0 Å². The van der Waals surface area contributed by atoms with Crippen LogP contribution in [-0.4, -0.2) is 36.7 Å². The molecule has 198 valence electrons. The van der Waals surface area contributed by atoms with Crippen molar-refractivity contribution in [2.24, 2.45) is 38.9 Å². The van der Waals surface area contributed by atoms with Gasteiger partial charge in [-0.3, -0.25) is 19.2 Å². The summed E-state index contributed by atoms with van der Waals surface area (Å²) in [7, 11) is 0. The molecule has 0 aromatic rings. The van der Waals surface area contributed by atoms with Gasteiger partial charge in [-0.2, -0.15) is 0 Å². The van der Waals surface area contributed by atoms with Gasteiger partial charge in [0.2, 0.25) is 0 Å². The van der Waals surface area contributed by atoms with Crippen LogP contribution >= 0.6 is 0 Å². The van der Waals surface area contributed by atoms with Gasteiger partial charge >= 0.3 is 11.9 Å². The third-order valence-corrected chi connectivity index (χ3v) is 11.0. The average molecular weight is 499 g/mol. The Balaban J connectivity index is 1.93. The van der Waals surface area contributed by atoms with E-state index in [0.717, 1.165) is 25.7 Å². The van der Waals surface area contributed by atoms with Gasteiger partial charge in [-0.15, -0.1) is 0 Å². The second kappa shape index (κ2) is 8.39. The van der Waals surface area contributed by atoms with Gasteiger partial charge < -0.3 is 9.47 Å². The summed E-state index contributed by atoms with van der Waals surface area (Å²) in [6.45, 7) is 16.2. The van der Waals surface area contributed by atoms with Gasteiger partial charge in [0, 0.05) is 10.8 Å². The number of allylic oxidation sites excluding steroid dienone is 2. The Kier molecular flexibility index (Phi) is 6.25. The molecule has 0 saturated heterocycles. The van der Waals surface area contributed by atoms with Crippen molar-refractivity contribution in [2.75, 3.05) is 13.2 Å². The minimum absolute atomic E-state index is 0.0194. The second-order valence-corrected chi connectivity index (χ2v) is 12.9. The van der Waals surface area contributed by atoms with Crippen LogP contribution in [0.15, 0.2) is 23.3 Å². The SMILES string of the molecule is CCOC(=O)CC(/C=C1\C(=O)[C@@]2(C)CC[C@H]1C2(C)C)(/C=C1\C(=O)[C@]2(C)CC[C@@H]1C2(C)C)C(=O)OCC. The molecule has 5 atom stereocenters. The van der Waals surface area contributed by atoms with E-state index in [0.29, 0.717) is 11.1 Å². The van der Waals surface area contributed by atoms with Crippen LogP contribution < -0.4 is 0 Å². The van der Waals surface area contributed by atoms with Gasteiger partial charge in [0.05, 0.1) is 19.6 Å². The number of esters is 2. The topological polar surface area (TPSA) is 86.7 Å². The van der Waals surface area contributed by atoms with E-state index in [1.54, 1.807) is 26.0 Å². The van der Waals surface area contributed by atoms with E-state index in [-0.39, 0.29) is 53.9 Å². The number of carbonyl (C=O) groups excluding carboxylic acids is 4. The molecule has 1 unspecified atom stereocenters. The molecule has 4 aliphatic carbocycles. The third kappa shape index (κ3) is 3.35. The van der Waals surface area contributed by atoms with E-state index in [4.69, 9.17) is 9.47 Å². The first-order chi connectivity index (χ1) is 16.6. The van der Waals surface area contributed by atoms with Crippen LogP contribution in [0.4, 0.5) is 0 Å². The molecule has 4 saturated carbocycles. The third-order valence-electron chi connectivity index (χ3n) is 11.0. The summed E-state index contributed by atoms with van der Waals surface area (Å²) in [6.07, 6.45) is 6.37. The van der Waals surface area contributed by atoms with E-state index in [1.807, 2.05) is 13.8 Å². The molecule has 0 heterocycles. The molecule has 4 bridgehead atoms. The van der Waals surface area contributed by atoms with E-state index in [1.165, 1.54) is 0 Å². The highest BCUT2D eigenvalue weighted by molar-refractivity contribution is 6.07. The summed E-state index contributed by atoms with van der Waals surface area (Å²) in [6, 6.07) is 0. The number of ketones is 2. The summed E-state index contributed by atoms with van der Waals surface area (Å²) in [5.74, 6) is -1.14. The molecule has 4 fully saturated rings. The zero-order chi connectivity index (χ0) is 26.9. The Labute approximate surface area is 215 Å². The Morgan fingerprint density at radius 1 is 0.806 bits per heavy atom. The average Bonchev–Trinajstić information content (AvgIpc) is 3.27. The molecule has 4 rings (SSSR count). The van der Waals surface area contributed by atoms with Gasteiger partial charge in [0.1, 0.15) is 5.41 Å². The highest BCUT2D eigenvalue weighted by Crippen LogP contribution is 2.67. The van der Waals surface area contributed by atoms with E-state index < -0.39 is 28.2 Å². The van der Waals surface area contributed by atoms with E-state index in [2.05, 4.69) is 27.7 Å². The van der Waals surface area contributed by atoms with Crippen molar-refractivity contribution >= 4 is 23.5 Å². The van der Waals surface area contributed by atoms with Crippen molar-refractivity contribution in [1.82, 2.24) is 0 Å². The summed E-state index contributed by atoms with van der Waals surface area (Å²) in [4.78, 5) is 54.1. The minimum atomic E-state index is -1.58. The van der Waals surface area contributed by atoms with Crippen molar-refractivity contribution in [3.63, 3.8) is 0 Å². The smallest absolute Gasteiger partial charge is 0.320 e. The number of ether oxygens (including phenoxy) is 2. The van der Waals surface area contributed by atoms with Crippen molar-refractivity contribution < 1.29 is 28.7 Å². The fourth-order valence-electron chi connectivity index (χ4n) is 7.79. The quantitative estimate of drug-likeness (QED) is 0.345. The summed E-state index contributed by atoms with van der Waals surface area (Å²) >= 11 is 0. The number of hydrogen-bond donors (Lipinski definition) is 0. The van der Waals surface area contributed by atoms with E-state index >= 15 is 0 Å². The van der Waals surface area contributed by atoms with Crippen LogP contribution in [0, 0.1) is 38.9 Å². The highest BCUT2D eigenvalue weighted by Gasteiger charge is 2.66. The zero-order valence-corrected chi connectivity index (χ0v) is 23.2. The molecule has 0 N–H and O–H groups in total. The molecule has 0 radical (unpaired) electrons. The zero-order valence-electron chi connectivity index (χ0n) is 23.2. The first kappa shape index (κ1) is 26.8. The maximum atomic E-state index is 13.7. The molecule has 0 aromatic heterocycles. The van der Waals surface area contributed by atoms with Crippen molar-refractivity contribution in [3.05, 3.63) is 23.3 Å². The Morgan fingerprint density at radius 2 is 1.22 bits per heavy atom. The largest absolute Gasteiger partial charge is 0.466 e. The molecule has 36 heavy (non-hydrogen) atoms. The first-order valence-corrected chi connectivity index (χ1v) is 13.5. The summed E-state index contributed by atoms with van der Waals surface area (Å²) < 4.78 is 10.8. The predicted molar refractivity (Wildman–Crippen MR) is 136 cm³/mol. The van der Waals surface area contributed by atoms with Crippen LogP contribution in [0.1, 0.15) is 87.5 Å². The Morgan fingerprint density at radius 3 is 1.56 bits per heavy atom. The molecule has 6 nitrogen and oxygen atoms in total.